The van der Waals surface area contributed by atoms with Crippen molar-refractivity contribution in [1.82, 2.24) is 9.80 Å². The number of piperazine rings is 1. The van der Waals surface area contributed by atoms with E-state index in [1.807, 2.05) is 36.9 Å². The number of carbonyl (C=O) groups excluding carboxylic acids is 1. The average molecular weight is 318 g/mol. The highest BCUT2D eigenvalue weighted by Crippen LogP contribution is 2.20. The van der Waals surface area contributed by atoms with Crippen LogP contribution in [0.2, 0.25) is 0 Å². The van der Waals surface area contributed by atoms with Gasteiger partial charge in [-0.25, -0.2) is 0 Å². The highest BCUT2D eigenvalue weighted by molar-refractivity contribution is 5.94. The molecule has 4 nitrogen and oxygen atoms in total. The van der Waals surface area contributed by atoms with Crippen molar-refractivity contribution >= 4 is 5.91 Å². The predicted molar refractivity (Wildman–Crippen MR) is 94.1 cm³/mol. The van der Waals surface area contributed by atoms with Gasteiger partial charge >= 0.3 is 0 Å². The summed E-state index contributed by atoms with van der Waals surface area (Å²) < 4.78 is 5.55. The molecule has 1 fully saturated rings. The zero-order chi connectivity index (χ0) is 16.8. The molecule has 1 aliphatic rings. The minimum atomic E-state index is 0.139. The van der Waals surface area contributed by atoms with E-state index >= 15 is 0 Å². The third-order valence-electron chi connectivity index (χ3n) is 4.40. The van der Waals surface area contributed by atoms with Crippen LogP contribution >= 0.6 is 0 Å². The lowest BCUT2D eigenvalue weighted by molar-refractivity contribution is 0.0631. The largest absolute Gasteiger partial charge is 0.494 e. The van der Waals surface area contributed by atoms with Gasteiger partial charge in [0.15, 0.2) is 0 Å². The summed E-state index contributed by atoms with van der Waals surface area (Å²) in [5.74, 6) is 1.74. The molecule has 1 aliphatic heterocycles. The van der Waals surface area contributed by atoms with E-state index in [0.29, 0.717) is 6.61 Å². The Hall–Kier alpha value is -1.55. The van der Waals surface area contributed by atoms with Gasteiger partial charge in [0, 0.05) is 31.7 Å². The van der Waals surface area contributed by atoms with Crippen molar-refractivity contribution in [2.75, 3.05) is 39.3 Å². The Morgan fingerprint density at radius 1 is 1.22 bits per heavy atom. The second kappa shape index (κ2) is 8.34. The molecular formula is C19H30N2O2. The summed E-state index contributed by atoms with van der Waals surface area (Å²) in [6, 6.07) is 5.73. The van der Waals surface area contributed by atoms with Gasteiger partial charge < -0.3 is 9.64 Å². The normalized spacial score (nSPS) is 16.0. The molecule has 0 aliphatic carbocycles. The van der Waals surface area contributed by atoms with E-state index in [2.05, 4.69) is 18.7 Å². The van der Waals surface area contributed by atoms with Gasteiger partial charge in [-0.1, -0.05) is 13.8 Å². The van der Waals surface area contributed by atoms with Crippen molar-refractivity contribution in [3.8, 4) is 5.75 Å². The Bertz CT molecular complexity index is 520. The lowest BCUT2D eigenvalue weighted by Crippen LogP contribution is -2.49. The molecule has 1 heterocycles. The van der Waals surface area contributed by atoms with Gasteiger partial charge in [0.25, 0.3) is 5.91 Å². The van der Waals surface area contributed by atoms with E-state index in [1.54, 1.807) is 0 Å². The minimum absolute atomic E-state index is 0.139. The van der Waals surface area contributed by atoms with Crippen LogP contribution in [0.5, 0.6) is 5.75 Å². The first kappa shape index (κ1) is 17.8. The van der Waals surface area contributed by atoms with E-state index in [9.17, 15) is 4.79 Å². The summed E-state index contributed by atoms with van der Waals surface area (Å²) in [4.78, 5) is 17.1. The number of aryl methyl sites for hydroxylation is 1. The topological polar surface area (TPSA) is 32.8 Å². The zero-order valence-corrected chi connectivity index (χ0v) is 15.0. The van der Waals surface area contributed by atoms with Crippen molar-refractivity contribution in [3.63, 3.8) is 0 Å². The van der Waals surface area contributed by atoms with E-state index in [4.69, 9.17) is 4.74 Å². The fourth-order valence-electron chi connectivity index (χ4n) is 2.90. The van der Waals surface area contributed by atoms with Crippen LogP contribution in [0.25, 0.3) is 0 Å². The summed E-state index contributed by atoms with van der Waals surface area (Å²) in [7, 11) is 0. The quantitative estimate of drug-likeness (QED) is 0.807. The summed E-state index contributed by atoms with van der Waals surface area (Å²) in [5, 5.41) is 0. The van der Waals surface area contributed by atoms with Crippen LogP contribution in [0.15, 0.2) is 18.2 Å². The van der Waals surface area contributed by atoms with Gasteiger partial charge in [-0.2, -0.15) is 0 Å². The summed E-state index contributed by atoms with van der Waals surface area (Å²) in [6.07, 6.45) is 1.23. The maximum absolute atomic E-state index is 12.7. The molecule has 0 aromatic heterocycles. The highest BCUT2D eigenvalue weighted by Gasteiger charge is 2.22. The van der Waals surface area contributed by atoms with Crippen LogP contribution < -0.4 is 4.74 Å². The molecule has 2 rings (SSSR count). The molecule has 1 aromatic carbocycles. The first-order chi connectivity index (χ1) is 11.0. The second-order valence-electron chi connectivity index (χ2n) is 6.73. The maximum Gasteiger partial charge on any atom is 0.253 e. The van der Waals surface area contributed by atoms with Crippen molar-refractivity contribution in [2.45, 2.75) is 34.1 Å². The predicted octanol–water partition coefficient (Wildman–Crippen LogP) is 3.20. The third kappa shape index (κ3) is 4.96. The van der Waals surface area contributed by atoms with E-state index in [0.717, 1.165) is 55.5 Å². The molecule has 0 spiro atoms. The van der Waals surface area contributed by atoms with E-state index in [-0.39, 0.29) is 5.91 Å². The molecular weight excluding hydrogens is 288 g/mol. The number of hydrogen-bond acceptors (Lipinski definition) is 3. The van der Waals surface area contributed by atoms with Gasteiger partial charge in [-0.3, -0.25) is 9.69 Å². The smallest absolute Gasteiger partial charge is 0.253 e. The van der Waals surface area contributed by atoms with Gasteiger partial charge in [-0.05, 0) is 56.5 Å². The van der Waals surface area contributed by atoms with Gasteiger partial charge in [-0.15, -0.1) is 0 Å². The fraction of sp³-hybridized carbons (Fsp3) is 0.632. The lowest BCUT2D eigenvalue weighted by atomic mass is 10.1. The summed E-state index contributed by atoms with van der Waals surface area (Å²) in [5.41, 5.74) is 1.79. The Morgan fingerprint density at radius 2 is 1.91 bits per heavy atom. The Labute approximate surface area is 140 Å². The molecule has 1 amide bonds. The SMILES string of the molecule is CCOc1ccc(C(=O)N2CCN(CCC(C)C)CC2)cc1C. The second-order valence-corrected chi connectivity index (χ2v) is 6.73. The average Bonchev–Trinajstić information content (AvgIpc) is 2.55. The number of amides is 1. The molecule has 0 atom stereocenters. The first-order valence-corrected chi connectivity index (χ1v) is 8.76. The maximum atomic E-state index is 12.7. The summed E-state index contributed by atoms with van der Waals surface area (Å²) in [6.45, 7) is 13.9. The Balaban J connectivity index is 1.91. The zero-order valence-electron chi connectivity index (χ0n) is 15.0. The number of carbonyl (C=O) groups is 1. The van der Waals surface area contributed by atoms with Crippen molar-refractivity contribution in [1.29, 1.82) is 0 Å². The molecule has 0 unspecified atom stereocenters. The number of rotatable bonds is 6. The Morgan fingerprint density at radius 3 is 2.48 bits per heavy atom. The molecule has 128 valence electrons. The van der Waals surface area contributed by atoms with Crippen molar-refractivity contribution < 1.29 is 9.53 Å². The highest BCUT2D eigenvalue weighted by atomic mass is 16.5. The van der Waals surface area contributed by atoms with Gasteiger partial charge in [0.05, 0.1) is 6.61 Å². The molecule has 0 saturated carbocycles. The van der Waals surface area contributed by atoms with Crippen LogP contribution in [0.4, 0.5) is 0 Å². The number of benzene rings is 1. The van der Waals surface area contributed by atoms with Crippen LogP contribution in [-0.2, 0) is 0 Å². The first-order valence-electron chi connectivity index (χ1n) is 8.76. The van der Waals surface area contributed by atoms with E-state index < -0.39 is 0 Å². The number of nitrogens with zero attached hydrogens (tertiary/aromatic N) is 2. The standard InChI is InChI=1S/C19H30N2O2/c1-5-23-18-7-6-17(14-16(18)4)19(22)21-12-10-20(11-13-21)9-8-15(2)3/h6-7,14-15H,5,8-13H2,1-4H3. The van der Waals surface area contributed by atoms with Crippen molar-refractivity contribution in [3.05, 3.63) is 29.3 Å². The van der Waals surface area contributed by atoms with Crippen LogP contribution in [-0.4, -0.2) is 55.0 Å². The van der Waals surface area contributed by atoms with Crippen LogP contribution in [0.3, 0.4) is 0 Å². The monoisotopic (exact) mass is 318 g/mol. The fourth-order valence-corrected chi connectivity index (χ4v) is 2.90. The number of hydrogen-bond donors (Lipinski definition) is 0. The minimum Gasteiger partial charge on any atom is -0.494 e. The molecule has 0 bridgehead atoms. The number of ether oxygens (including phenoxy) is 1. The van der Waals surface area contributed by atoms with Crippen LogP contribution in [0.1, 0.15) is 43.1 Å². The molecule has 23 heavy (non-hydrogen) atoms. The molecule has 0 radical (unpaired) electrons. The molecule has 4 heteroatoms. The van der Waals surface area contributed by atoms with Crippen LogP contribution in [0, 0.1) is 12.8 Å². The van der Waals surface area contributed by atoms with E-state index in [1.165, 1.54) is 6.42 Å². The summed E-state index contributed by atoms with van der Waals surface area (Å²) >= 11 is 0. The third-order valence-corrected chi connectivity index (χ3v) is 4.40. The molecule has 0 N–H and O–H groups in total. The molecule has 1 aromatic rings. The van der Waals surface area contributed by atoms with Gasteiger partial charge in [0.2, 0.25) is 0 Å². The Kier molecular flexibility index (Phi) is 6.46. The lowest BCUT2D eigenvalue weighted by Gasteiger charge is -2.35. The van der Waals surface area contributed by atoms with Gasteiger partial charge in [0.1, 0.15) is 5.75 Å². The van der Waals surface area contributed by atoms with Crippen molar-refractivity contribution in [2.24, 2.45) is 5.92 Å². The molecule has 1 saturated heterocycles.